The average Bonchev–Trinajstić information content (AvgIpc) is 3.07. The number of anilines is 1. The summed E-state index contributed by atoms with van der Waals surface area (Å²) in [5.74, 6) is 0.315. The van der Waals surface area contributed by atoms with Crippen molar-refractivity contribution in [3.8, 4) is 0 Å². The van der Waals surface area contributed by atoms with E-state index in [1.807, 2.05) is 0 Å². The summed E-state index contributed by atoms with van der Waals surface area (Å²) < 4.78 is 14.1. The van der Waals surface area contributed by atoms with E-state index in [0.717, 1.165) is 0 Å². The number of nitrogens with two attached hydrogens (primary N) is 1. The molecule has 0 aliphatic heterocycles. The molecule has 0 saturated carbocycles. The molecule has 11 nitrogen and oxygen atoms in total. The van der Waals surface area contributed by atoms with Crippen LogP contribution in [0.25, 0.3) is 11.2 Å². The van der Waals surface area contributed by atoms with Gasteiger partial charge < -0.3 is 20.1 Å². The monoisotopic (exact) mass is 338 g/mol. The second kappa shape index (κ2) is 6.03. The Morgan fingerprint density at radius 1 is 1.26 bits per heavy atom. The number of rotatable bonds is 6. The van der Waals surface area contributed by atoms with Crippen molar-refractivity contribution >= 4 is 24.6 Å². The zero-order chi connectivity index (χ0) is 16.4. The van der Waals surface area contributed by atoms with Gasteiger partial charge in [0.15, 0.2) is 11.5 Å². The van der Waals surface area contributed by atoms with Crippen LogP contribution in [0.2, 0.25) is 0 Å². The maximum absolute atomic E-state index is 10.8. The Bertz CT molecular complexity index is 869. The minimum absolute atomic E-state index is 0.176. The SMILES string of the molecule is Nc1ncnc2c1ncn2Cc1cn(CCCP(=O)(O)O)nn1. The van der Waals surface area contributed by atoms with E-state index in [0.29, 0.717) is 42.2 Å². The van der Waals surface area contributed by atoms with Crippen LogP contribution in [0.3, 0.4) is 0 Å². The molecular weight excluding hydrogens is 323 g/mol. The lowest BCUT2D eigenvalue weighted by Crippen LogP contribution is -2.02. The van der Waals surface area contributed by atoms with E-state index in [9.17, 15) is 4.57 Å². The lowest BCUT2D eigenvalue weighted by atomic mass is 10.4. The van der Waals surface area contributed by atoms with E-state index in [1.165, 1.54) is 6.33 Å². The van der Waals surface area contributed by atoms with Crippen molar-refractivity contribution in [2.45, 2.75) is 19.5 Å². The van der Waals surface area contributed by atoms with Crippen molar-refractivity contribution in [3.63, 3.8) is 0 Å². The average molecular weight is 338 g/mol. The quantitative estimate of drug-likeness (QED) is 0.509. The molecule has 3 heterocycles. The highest BCUT2D eigenvalue weighted by Crippen LogP contribution is 2.34. The first-order chi connectivity index (χ1) is 10.9. The van der Waals surface area contributed by atoms with Gasteiger partial charge in [-0.25, -0.2) is 15.0 Å². The molecule has 0 atom stereocenters. The van der Waals surface area contributed by atoms with Gasteiger partial charge >= 0.3 is 7.60 Å². The predicted octanol–water partition coefficient (Wildman–Crippen LogP) is -0.384. The number of hydrogen-bond acceptors (Lipinski definition) is 7. The van der Waals surface area contributed by atoms with E-state index >= 15 is 0 Å². The van der Waals surface area contributed by atoms with Gasteiger partial charge in [0, 0.05) is 6.54 Å². The smallest absolute Gasteiger partial charge is 0.325 e. The zero-order valence-electron chi connectivity index (χ0n) is 12.0. The van der Waals surface area contributed by atoms with Gasteiger partial charge in [0.1, 0.15) is 17.5 Å². The number of nitrogens with zero attached hydrogens (tertiary/aromatic N) is 7. The van der Waals surface area contributed by atoms with E-state index in [2.05, 4.69) is 25.3 Å². The summed E-state index contributed by atoms with van der Waals surface area (Å²) in [6, 6.07) is 0. The van der Waals surface area contributed by atoms with Crippen LogP contribution in [0.4, 0.5) is 5.82 Å². The number of hydrogen-bond donors (Lipinski definition) is 3. The standard InChI is InChI=1S/C11H15N8O3P/c12-10-9-11(14-6-13-10)18(7-15-9)4-8-5-19(17-16-8)2-1-3-23(20,21)22/h5-7H,1-4H2,(H2,12,13,14)(H2,20,21,22). The molecule has 4 N–H and O–H groups in total. The lowest BCUT2D eigenvalue weighted by Gasteiger charge is -2.03. The number of imidazole rings is 1. The van der Waals surface area contributed by atoms with Crippen LogP contribution in [-0.4, -0.2) is 50.5 Å². The molecule has 0 saturated heterocycles. The highest BCUT2D eigenvalue weighted by atomic mass is 31.2. The summed E-state index contributed by atoms with van der Waals surface area (Å²) in [5.41, 5.74) is 7.55. The van der Waals surface area contributed by atoms with Gasteiger partial charge in [-0.05, 0) is 6.42 Å². The highest BCUT2D eigenvalue weighted by Gasteiger charge is 2.13. The predicted molar refractivity (Wildman–Crippen MR) is 80.4 cm³/mol. The van der Waals surface area contributed by atoms with Crippen molar-refractivity contribution in [2.75, 3.05) is 11.9 Å². The Morgan fingerprint density at radius 2 is 2.09 bits per heavy atom. The number of nitrogen functional groups attached to an aromatic ring is 1. The molecule has 0 amide bonds. The number of aryl methyl sites for hydroxylation is 1. The molecule has 3 rings (SSSR count). The van der Waals surface area contributed by atoms with E-state index in [4.69, 9.17) is 15.5 Å². The minimum Gasteiger partial charge on any atom is -0.382 e. The summed E-state index contributed by atoms with van der Waals surface area (Å²) >= 11 is 0. The first-order valence-corrected chi connectivity index (χ1v) is 8.57. The minimum atomic E-state index is -3.97. The molecule has 0 unspecified atom stereocenters. The van der Waals surface area contributed by atoms with Crippen LogP contribution < -0.4 is 5.73 Å². The second-order valence-corrected chi connectivity index (χ2v) is 6.79. The first-order valence-electron chi connectivity index (χ1n) is 6.77. The van der Waals surface area contributed by atoms with Crippen molar-refractivity contribution < 1.29 is 14.4 Å². The topological polar surface area (TPSA) is 158 Å². The van der Waals surface area contributed by atoms with Crippen LogP contribution in [0.1, 0.15) is 12.1 Å². The summed E-state index contributed by atoms with van der Waals surface area (Å²) in [5, 5.41) is 7.97. The fourth-order valence-corrected chi connectivity index (χ4v) is 2.70. The fraction of sp³-hybridized carbons (Fsp3) is 0.364. The second-order valence-electron chi connectivity index (χ2n) is 5.02. The zero-order valence-corrected chi connectivity index (χ0v) is 12.9. The van der Waals surface area contributed by atoms with Gasteiger partial charge in [-0.1, -0.05) is 5.21 Å². The van der Waals surface area contributed by atoms with E-state index < -0.39 is 7.60 Å². The molecule has 3 aromatic rings. The Hall–Kier alpha value is -2.36. The van der Waals surface area contributed by atoms with Gasteiger partial charge in [-0.3, -0.25) is 9.25 Å². The third kappa shape index (κ3) is 3.70. The number of aromatic nitrogens is 7. The van der Waals surface area contributed by atoms with Crippen molar-refractivity contribution in [1.82, 2.24) is 34.5 Å². The summed E-state index contributed by atoms with van der Waals surface area (Å²) in [4.78, 5) is 29.9. The van der Waals surface area contributed by atoms with E-state index in [1.54, 1.807) is 21.8 Å². The molecule has 0 aliphatic carbocycles. The van der Waals surface area contributed by atoms with Crippen LogP contribution in [0, 0.1) is 0 Å². The van der Waals surface area contributed by atoms with Crippen molar-refractivity contribution in [2.24, 2.45) is 0 Å². The molecule has 122 valence electrons. The van der Waals surface area contributed by atoms with Crippen molar-refractivity contribution in [1.29, 1.82) is 0 Å². The maximum Gasteiger partial charge on any atom is 0.325 e. The Morgan fingerprint density at radius 3 is 2.87 bits per heavy atom. The van der Waals surface area contributed by atoms with Crippen molar-refractivity contribution in [3.05, 3.63) is 24.5 Å². The molecule has 0 spiro atoms. The largest absolute Gasteiger partial charge is 0.382 e. The van der Waals surface area contributed by atoms with Crippen LogP contribution in [0.5, 0.6) is 0 Å². The normalized spacial score (nSPS) is 12.1. The highest BCUT2D eigenvalue weighted by molar-refractivity contribution is 7.51. The molecule has 0 aromatic carbocycles. The first kappa shape index (κ1) is 15.5. The molecular formula is C11H15N8O3P. The Labute approximate surface area is 130 Å². The number of fused-ring (bicyclic) bond motifs is 1. The Kier molecular flexibility index (Phi) is 4.07. The van der Waals surface area contributed by atoms with E-state index in [-0.39, 0.29) is 6.16 Å². The molecule has 0 radical (unpaired) electrons. The molecule has 23 heavy (non-hydrogen) atoms. The molecule has 0 fully saturated rings. The molecule has 0 aliphatic rings. The molecule has 3 aromatic heterocycles. The summed E-state index contributed by atoms with van der Waals surface area (Å²) in [6.45, 7) is 0.795. The fourth-order valence-electron chi connectivity index (χ4n) is 2.15. The summed E-state index contributed by atoms with van der Waals surface area (Å²) in [6.07, 6.45) is 4.84. The Balaban J connectivity index is 1.69. The third-order valence-corrected chi connectivity index (χ3v) is 4.08. The van der Waals surface area contributed by atoms with Gasteiger partial charge in [-0.2, -0.15) is 0 Å². The lowest BCUT2D eigenvalue weighted by molar-refractivity contribution is 0.369. The summed E-state index contributed by atoms with van der Waals surface area (Å²) in [7, 11) is -3.97. The third-order valence-electron chi connectivity index (χ3n) is 3.18. The molecule has 0 bridgehead atoms. The van der Waals surface area contributed by atoms with Gasteiger partial charge in [0.2, 0.25) is 0 Å². The van der Waals surface area contributed by atoms with Crippen LogP contribution in [-0.2, 0) is 17.7 Å². The maximum atomic E-state index is 10.8. The van der Waals surface area contributed by atoms with Crippen LogP contribution >= 0.6 is 7.60 Å². The molecule has 12 heteroatoms. The van der Waals surface area contributed by atoms with Gasteiger partial charge in [0.25, 0.3) is 0 Å². The van der Waals surface area contributed by atoms with Gasteiger partial charge in [-0.15, -0.1) is 5.10 Å². The van der Waals surface area contributed by atoms with Crippen LogP contribution in [0.15, 0.2) is 18.9 Å². The van der Waals surface area contributed by atoms with Gasteiger partial charge in [0.05, 0.1) is 25.2 Å².